The number of hydrogen-bond donors (Lipinski definition) is 1. The number of rotatable bonds is 4. The highest BCUT2D eigenvalue weighted by molar-refractivity contribution is 5.89. The van der Waals surface area contributed by atoms with Crippen LogP contribution in [-0.2, 0) is 4.74 Å². The second-order valence-corrected chi connectivity index (χ2v) is 5.98. The van der Waals surface area contributed by atoms with E-state index in [0.29, 0.717) is 12.5 Å². The standard InChI is InChI=1S/C18H23N3O2/c1-23-14-15-6-5-11-21(13-15)18(22)19-16-7-4-8-17(12-16)20-9-2-3-10-20/h2-4,7-10,12,15H,5-6,11,13-14H2,1H3,(H,19,22)/t15-/m0/s1. The molecule has 1 atom stereocenters. The van der Waals surface area contributed by atoms with Gasteiger partial charge in [0.2, 0.25) is 0 Å². The Morgan fingerprint density at radius 3 is 2.91 bits per heavy atom. The molecule has 2 amide bonds. The maximum atomic E-state index is 12.5. The maximum absolute atomic E-state index is 12.5. The number of carbonyl (C=O) groups is 1. The number of ether oxygens (including phenoxy) is 1. The number of piperidine rings is 1. The molecule has 1 saturated heterocycles. The Bertz CT molecular complexity index is 637. The van der Waals surface area contributed by atoms with Crippen molar-refractivity contribution in [2.45, 2.75) is 12.8 Å². The summed E-state index contributed by atoms with van der Waals surface area (Å²) in [6.45, 7) is 2.28. The summed E-state index contributed by atoms with van der Waals surface area (Å²) in [5.74, 6) is 0.436. The molecule has 0 spiro atoms. The third kappa shape index (κ3) is 3.93. The number of benzene rings is 1. The third-order valence-electron chi connectivity index (χ3n) is 4.21. The van der Waals surface area contributed by atoms with Crippen molar-refractivity contribution in [3.8, 4) is 5.69 Å². The molecule has 0 unspecified atom stereocenters. The first-order valence-electron chi connectivity index (χ1n) is 8.04. The van der Waals surface area contributed by atoms with Crippen molar-refractivity contribution in [3.05, 3.63) is 48.8 Å². The fraction of sp³-hybridized carbons (Fsp3) is 0.389. The molecule has 5 heteroatoms. The van der Waals surface area contributed by atoms with E-state index in [1.807, 2.05) is 58.3 Å². The predicted octanol–water partition coefficient (Wildman–Crippen LogP) is 3.37. The highest BCUT2D eigenvalue weighted by atomic mass is 16.5. The van der Waals surface area contributed by atoms with E-state index < -0.39 is 0 Å². The van der Waals surface area contributed by atoms with Gasteiger partial charge in [0.05, 0.1) is 6.61 Å². The second-order valence-electron chi connectivity index (χ2n) is 5.98. The molecule has 3 rings (SSSR count). The molecule has 0 radical (unpaired) electrons. The second kappa shape index (κ2) is 7.33. The molecular formula is C18H23N3O2. The number of aromatic nitrogens is 1. The van der Waals surface area contributed by atoms with E-state index in [9.17, 15) is 4.79 Å². The van der Waals surface area contributed by atoms with E-state index in [0.717, 1.165) is 37.3 Å². The smallest absolute Gasteiger partial charge is 0.321 e. The first-order chi connectivity index (χ1) is 11.3. The van der Waals surface area contributed by atoms with Crippen LogP contribution < -0.4 is 5.32 Å². The highest BCUT2D eigenvalue weighted by Gasteiger charge is 2.23. The van der Waals surface area contributed by atoms with Crippen LogP contribution in [-0.4, -0.2) is 42.3 Å². The zero-order valence-corrected chi connectivity index (χ0v) is 13.4. The molecule has 1 aliphatic heterocycles. The summed E-state index contributed by atoms with van der Waals surface area (Å²) in [5, 5.41) is 3.01. The Kier molecular flexibility index (Phi) is 4.98. The van der Waals surface area contributed by atoms with Crippen LogP contribution in [0.2, 0.25) is 0 Å². The zero-order valence-electron chi connectivity index (χ0n) is 13.4. The fourth-order valence-electron chi connectivity index (χ4n) is 3.07. The molecule has 122 valence electrons. The van der Waals surface area contributed by atoms with Crippen molar-refractivity contribution in [1.29, 1.82) is 0 Å². The van der Waals surface area contributed by atoms with E-state index in [2.05, 4.69) is 5.32 Å². The third-order valence-corrected chi connectivity index (χ3v) is 4.21. The number of amides is 2. The molecule has 1 aromatic heterocycles. The number of methoxy groups -OCH3 is 1. The summed E-state index contributed by atoms with van der Waals surface area (Å²) in [7, 11) is 1.71. The molecule has 2 aromatic rings. The molecule has 0 saturated carbocycles. The summed E-state index contributed by atoms with van der Waals surface area (Å²) >= 11 is 0. The predicted molar refractivity (Wildman–Crippen MR) is 91.0 cm³/mol. The van der Waals surface area contributed by atoms with E-state index in [1.54, 1.807) is 7.11 Å². The van der Waals surface area contributed by atoms with Gasteiger partial charge in [0, 0.05) is 49.9 Å². The van der Waals surface area contributed by atoms with Crippen LogP contribution in [0.1, 0.15) is 12.8 Å². The molecule has 2 heterocycles. The monoisotopic (exact) mass is 313 g/mol. The van der Waals surface area contributed by atoms with Crippen molar-refractivity contribution in [2.24, 2.45) is 5.92 Å². The number of hydrogen-bond acceptors (Lipinski definition) is 2. The number of anilines is 1. The van der Waals surface area contributed by atoms with Crippen molar-refractivity contribution in [1.82, 2.24) is 9.47 Å². The van der Waals surface area contributed by atoms with Crippen LogP contribution in [0.4, 0.5) is 10.5 Å². The number of likely N-dealkylation sites (tertiary alicyclic amines) is 1. The quantitative estimate of drug-likeness (QED) is 0.940. The summed E-state index contributed by atoms with van der Waals surface area (Å²) in [5.41, 5.74) is 1.85. The average molecular weight is 313 g/mol. The summed E-state index contributed by atoms with van der Waals surface area (Å²) in [6, 6.07) is 11.8. The Hall–Kier alpha value is -2.27. The average Bonchev–Trinajstić information content (AvgIpc) is 3.10. The minimum Gasteiger partial charge on any atom is -0.384 e. The number of urea groups is 1. The lowest BCUT2D eigenvalue weighted by Gasteiger charge is -2.32. The van der Waals surface area contributed by atoms with Gasteiger partial charge in [-0.3, -0.25) is 0 Å². The highest BCUT2D eigenvalue weighted by Crippen LogP contribution is 2.19. The van der Waals surface area contributed by atoms with Crippen molar-refractivity contribution < 1.29 is 9.53 Å². The maximum Gasteiger partial charge on any atom is 0.321 e. The molecular weight excluding hydrogens is 290 g/mol. The van der Waals surface area contributed by atoms with E-state index in [-0.39, 0.29) is 6.03 Å². The molecule has 1 N–H and O–H groups in total. The number of nitrogens with one attached hydrogen (secondary N) is 1. The minimum atomic E-state index is -0.0320. The van der Waals surface area contributed by atoms with Gasteiger partial charge in [0.15, 0.2) is 0 Å². The fourth-order valence-corrected chi connectivity index (χ4v) is 3.07. The largest absolute Gasteiger partial charge is 0.384 e. The number of carbonyl (C=O) groups excluding carboxylic acids is 1. The molecule has 5 nitrogen and oxygen atoms in total. The Balaban J connectivity index is 1.65. The van der Waals surface area contributed by atoms with Gasteiger partial charge in [-0.1, -0.05) is 6.07 Å². The van der Waals surface area contributed by atoms with Gasteiger partial charge in [0.25, 0.3) is 0 Å². The molecule has 23 heavy (non-hydrogen) atoms. The van der Waals surface area contributed by atoms with E-state index in [4.69, 9.17) is 4.74 Å². The van der Waals surface area contributed by atoms with Gasteiger partial charge >= 0.3 is 6.03 Å². The van der Waals surface area contributed by atoms with Crippen LogP contribution in [0.25, 0.3) is 5.69 Å². The molecule has 1 fully saturated rings. The van der Waals surface area contributed by atoms with E-state index >= 15 is 0 Å². The summed E-state index contributed by atoms with van der Waals surface area (Å²) < 4.78 is 7.24. The molecule has 0 aliphatic carbocycles. The lowest BCUT2D eigenvalue weighted by Crippen LogP contribution is -2.43. The first kappa shape index (κ1) is 15.6. The van der Waals surface area contributed by atoms with Crippen LogP contribution in [0.3, 0.4) is 0 Å². The molecule has 1 aromatic carbocycles. The van der Waals surface area contributed by atoms with Gasteiger partial charge in [-0.05, 0) is 43.2 Å². The van der Waals surface area contributed by atoms with Crippen LogP contribution >= 0.6 is 0 Å². The van der Waals surface area contributed by atoms with Gasteiger partial charge in [-0.15, -0.1) is 0 Å². The van der Waals surface area contributed by atoms with Gasteiger partial charge < -0.3 is 19.5 Å². The van der Waals surface area contributed by atoms with Gasteiger partial charge in [-0.2, -0.15) is 0 Å². The van der Waals surface area contributed by atoms with Gasteiger partial charge in [-0.25, -0.2) is 4.79 Å². The Labute approximate surface area is 136 Å². The van der Waals surface area contributed by atoms with Crippen molar-refractivity contribution in [2.75, 3.05) is 32.1 Å². The minimum absolute atomic E-state index is 0.0320. The Morgan fingerprint density at radius 2 is 2.13 bits per heavy atom. The van der Waals surface area contributed by atoms with Crippen molar-refractivity contribution >= 4 is 11.7 Å². The summed E-state index contributed by atoms with van der Waals surface area (Å²) in [4.78, 5) is 14.4. The lowest BCUT2D eigenvalue weighted by molar-refractivity contribution is 0.104. The molecule has 0 bridgehead atoms. The Morgan fingerprint density at radius 1 is 1.30 bits per heavy atom. The first-order valence-corrected chi connectivity index (χ1v) is 8.04. The van der Waals surface area contributed by atoms with Crippen LogP contribution in [0, 0.1) is 5.92 Å². The zero-order chi connectivity index (χ0) is 16.1. The normalized spacial score (nSPS) is 18.0. The van der Waals surface area contributed by atoms with Crippen molar-refractivity contribution in [3.63, 3.8) is 0 Å². The van der Waals surface area contributed by atoms with E-state index in [1.165, 1.54) is 0 Å². The van der Waals surface area contributed by atoms with Gasteiger partial charge in [0.1, 0.15) is 0 Å². The molecule has 1 aliphatic rings. The number of nitrogens with zero attached hydrogens (tertiary/aromatic N) is 2. The lowest BCUT2D eigenvalue weighted by atomic mass is 9.99. The summed E-state index contributed by atoms with van der Waals surface area (Å²) in [6.07, 6.45) is 6.13. The van der Waals surface area contributed by atoms with Crippen LogP contribution in [0.5, 0.6) is 0 Å². The van der Waals surface area contributed by atoms with Crippen LogP contribution in [0.15, 0.2) is 48.8 Å². The topological polar surface area (TPSA) is 46.5 Å². The SMILES string of the molecule is COC[C@H]1CCCN(C(=O)Nc2cccc(-n3cccc3)c2)C1.